The molecule has 2 heterocycles. The van der Waals surface area contributed by atoms with Gasteiger partial charge in [0, 0.05) is 17.8 Å². The van der Waals surface area contributed by atoms with E-state index in [0.717, 1.165) is 0 Å². The lowest BCUT2D eigenvalue weighted by Crippen LogP contribution is -2.29. The van der Waals surface area contributed by atoms with E-state index in [0.29, 0.717) is 4.31 Å². The third-order valence-corrected chi connectivity index (χ3v) is 4.93. The van der Waals surface area contributed by atoms with Crippen molar-refractivity contribution in [1.29, 1.82) is 0 Å². The maximum Gasteiger partial charge on any atom is 0.417 e. The Morgan fingerprint density at radius 3 is 2.20 bits per heavy atom. The maximum atomic E-state index is 12.7. The first-order valence-corrected chi connectivity index (χ1v) is 7.10. The van der Waals surface area contributed by atoms with Crippen molar-refractivity contribution in [1.82, 2.24) is 4.31 Å². The van der Waals surface area contributed by atoms with Gasteiger partial charge in [0.1, 0.15) is 0 Å². The number of alkyl halides is 6. The Hall–Kier alpha value is -1.19. The minimum absolute atomic E-state index is 0.0200. The van der Waals surface area contributed by atoms with Crippen LogP contribution in [0.5, 0.6) is 0 Å². The van der Waals surface area contributed by atoms with Crippen molar-refractivity contribution < 1.29 is 34.8 Å². The van der Waals surface area contributed by atoms with Crippen LogP contribution in [0.1, 0.15) is 12.8 Å². The van der Waals surface area contributed by atoms with Gasteiger partial charge in [0.15, 0.2) is 0 Å². The van der Waals surface area contributed by atoms with Gasteiger partial charge in [0.25, 0.3) is 0 Å². The topological polar surface area (TPSA) is 37.4 Å². The summed E-state index contributed by atoms with van der Waals surface area (Å²) in [6.45, 7) is 0. The molecular weight excluding hydrogens is 312 g/mol. The molecule has 3 nitrogen and oxygen atoms in total. The second-order valence-corrected chi connectivity index (χ2v) is 6.54. The summed E-state index contributed by atoms with van der Waals surface area (Å²) in [5.74, 6) is -0.454. The van der Waals surface area contributed by atoms with Gasteiger partial charge in [-0.3, -0.25) is 4.31 Å². The minimum Gasteiger partial charge on any atom is -0.273 e. The number of halogens is 6. The van der Waals surface area contributed by atoms with Gasteiger partial charge in [-0.05, 0) is 18.9 Å². The molecule has 0 saturated carbocycles. The largest absolute Gasteiger partial charge is 0.417 e. The fraction of sp³-hybridized carbons (Fsp3) is 0.600. The van der Waals surface area contributed by atoms with Crippen LogP contribution in [0.4, 0.5) is 26.3 Å². The van der Waals surface area contributed by atoms with E-state index in [1.165, 1.54) is 0 Å². The normalized spacial score (nSPS) is 26.7. The molecule has 1 saturated heterocycles. The van der Waals surface area contributed by atoms with Crippen LogP contribution >= 0.6 is 0 Å². The Labute approximate surface area is 110 Å². The fourth-order valence-corrected chi connectivity index (χ4v) is 3.84. The monoisotopic (exact) mass is 321 g/mol. The zero-order chi connectivity index (χ0) is 15.3. The standard InChI is InChI=1S/C10H9F6NO2S/c11-9(12,13)6-3-7(10(14,15)16)5-17-8(4-6)1-2-20(17,18)19/h3,5,8H,1-2,4H2. The summed E-state index contributed by atoms with van der Waals surface area (Å²) in [6.07, 6.45) is -10.6. The third kappa shape index (κ3) is 2.79. The number of allylic oxidation sites excluding steroid dienone is 2. The van der Waals surface area contributed by atoms with Crippen LogP contribution < -0.4 is 0 Å². The summed E-state index contributed by atoms with van der Waals surface area (Å²) in [6, 6.07) is -1.12. The van der Waals surface area contributed by atoms with Gasteiger partial charge in [0.05, 0.1) is 11.3 Å². The molecule has 10 heteroatoms. The number of hydrogen-bond donors (Lipinski definition) is 0. The molecular formula is C10H9F6NO2S. The second kappa shape index (κ2) is 4.40. The molecule has 0 aromatic heterocycles. The van der Waals surface area contributed by atoms with Crippen molar-refractivity contribution in [2.45, 2.75) is 31.2 Å². The first-order valence-electron chi connectivity index (χ1n) is 5.49. The Kier molecular flexibility index (Phi) is 3.35. The van der Waals surface area contributed by atoms with Crippen molar-refractivity contribution in [3.05, 3.63) is 23.4 Å². The summed E-state index contributed by atoms with van der Waals surface area (Å²) in [5.41, 5.74) is -2.98. The SMILES string of the molecule is O=S1(=O)CCC2CC(C(F)(F)F)=CC(C(F)(F)F)=CN21. The van der Waals surface area contributed by atoms with Gasteiger partial charge >= 0.3 is 12.4 Å². The average Bonchev–Trinajstić information content (AvgIpc) is 2.46. The fourth-order valence-electron chi connectivity index (χ4n) is 2.15. The molecule has 0 aromatic rings. The van der Waals surface area contributed by atoms with Crippen LogP contribution in [0, 0.1) is 0 Å². The van der Waals surface area contributed by atoms with E-state index in [-0.39, 0.29) is 18.7 Å². The van der Waals surface area contributed by atoms with Crippen molar-refractivity contribution in [2.24, 2.45) is 0 Å². The van der Waals surface area contributed by atoms with E-state index in [4.69, 9.17) is 0 Å². The minimum atomic E-state index is -5.05. The van der Waals surface area contributed by atoms with E-state index >= 15 is 0 Å². The molecule has 1 fully saturated rings. The van der Waals surface area contributed by atoms with Crippen LogP contribution in [0.25, 0.3) is 0 Å². The predicted molar refractivity (Wildman–Crippen MR) is 56.9 cm³/mol. The molecule has 0 N–H and O–H groups in total. The van der Waals surface area contributed by atoms with Gasteiger partial charge in [-0.2, -0.15) is 26.3 Å². The van der Waals surface area contributed by atoms with Crippen LogP contribution in [0.15, 0.2) is 23.4 Å². The number of nitrogens with zero attached hydrogens (tertiary/aromatic N) is 1. The summed E-state index contributed by atoms with van der Waals surface area (Å²) in [7, 11) is -3.98. The van der Waals surface area contributed by atoms with Crippen LogP contribution in [0.3, 0.4) is 0 Å². The lowest BCUT2D eigenvalue weighted by atomic mass is 10.0. The number of rotatable bonds is 0. The first-order chi connectivity index (χ1) is 8.91. The van der Waals surface area contributed by atoms with E-state index in [2.05, 4.69) is 0 Å². The van der Waals surface area contributed by atoms with Gasteiger partial charge in [-0.15, -0.1) is 0 Å². The van der Waals surface area contributed by atoms with E-state index < -0.39 is 51.7 Å². The smallest absolute Gasteiger partial charge is 0.273 e. The van der Waals surface area contributed by atoms with Crippen molar-refractivity contribution >= 4 is 10.0 Å². The van der Waals surface area contributed by atoms with Gasteiger partial charge in [-0.1, -0.05) is 0 Å². The van der Waals surface area contributed by atoms with E-state index in [9.17, 15) is 34.8 Å². The highest BCUT2D eigenvalue weighted by molar-refractivity contribution is 7.89. The molecule has 0 radical (unpaired) electrons. The molecule has 2 aliphatic rings. The number of sulfonamides is 1. The summed E-state index contributed by atoms with van der Waals surface area (Å²) in [5, 5.41) is 0. The molecule has 0 aliphatic carbocycles. The summed E-state index contributed by atoms with van der Waals surface area (Å²) < 4.78 is 99.8. The van der Waals surface area contributed by atoms with Crippen molar-refractivity contribution in [3.63, 3.8) is 0 Å². The maximum absolute atomic E-state index is 12.7. The zero-order valence-corrected chi connectivity index (χ0v) is 10.6. The Morgan fingerprint density at radius 1 is 1.10 bits per heavy atom. The number of hydrogen-bond acceptors (Lipinski definition) is 2. The van der Waals surface area contributed by atoms with E-state index in [1.54, 1.807) is 0 Å². The van der Waals surface area contributed by atoms with E-state index in [1.807, 2.05) is 0 Å². The van der Waals surface area contributed by atoms with Gasteiger partial charge < -0.3 is 0 Å². The molecule has 20 heavy (non-hydrogen) atoms. The third-order valence-electron chi connectivity index (χ3n) is 3.13. The summed E-state index contributed by atoms with van der Waals surface area (Å²) in [4.78, 5) is 0. The van der Waals surface area contributed by atoms with Crippen LogP contribution in [-0.2, 0) is 10.0 Å². The van der Waals surface area contributed by atoms with Crippen molar-refractivity contribution in [3.8, 4) is 0 Å². The molecule has 114 valence electrons. The van der Waals surface area contributed by atoms with Gasteiger partial charge in [0.2, 0.25) is 10.0 Å². The Morgan fingerprint density at radius 2 is 1.70 bits per heavy atom. The number of fused-ring (bicyclic) bond motifs is 1. The van der Waals surface area contributed by atoms with Crippen LogP contribution in [-0.4, -0.2) is 36.9 Å². The molecule has 2 aliphatic heterocycles. The molecule has 1 atom stereocenters. The second-order valence-electron chi connectivity index (χ2n) is 4.54. The molecule has 2 rings (SSSR count). The Balaban J connectivity index is 2.53. The molecule has 0 spiro atoms. The van der Waals surface area contributed by atoms with Crippen LogP contribution in [0.2, 0.25) is 0 Å². The van der Waals surface area contributed by atoms with Gasteiger partial charge in [-0.25, -0.2) is 8.42 Å². The molecule has 0 amide bonds. The highest BCUT2D eigenvalue weighted by Crippen LogP contribution is 2.40. The first kappa shape index (κ1) is 15.2. The predicted octanol–water partition coefficient (Wildman–Crippen LogP) is 2.73. The zero-order valence-electron chi connectivity index (χ0n) is 9.79. The highest BCUT2D eigenvalue weighted by atomic mass is 32.2. The summed E-state index contributed by atoms with van der Waals surface area (Å²) >= 11 is 0. The molecule has 1 unspecified atom stereocenters. The average molecular weight is 321 g/mol. The Bertz CT molecular complexity index is 572. The lowest BCUT2D eigenvalue weighted by molar-refractivity contribution is -0.0972. The highest BCUT2D eigenvalue weighted by Gasteiger charge is 2.46. The van der Waals surface area contributed by atoms with Crippen molar-refractivity contribution in [2.75, 3.05) is 5.75 Å². The molecule has 0 bridgehead atoms. The lowest BCUT2D eigenvalue weighted by Gasteiger charge is -2.21. The quantitative estimate of drug-likeness (QED) is 0.643. The molecule has 0 aromatic carbocycles.